The molecule has 0 fully saturated rings. The van der Waals surface area contributed by atoms with E-state index >= 15 is 0 Å². The molecule has 0 radical (unpaired) electrons. The Balaban J connectivity index is 0.000000122. The summed E-state index contributed by atoms with van der Waals surface area (Å²) in [6, 6.07) is 7.11. The van der Waals surface area contributed by atoms with Crippen LogP contribution in [0.1, 0.15) is 0 Å². The van der Waals surface area contributed by atoms with Crippen LogP contribution in [-0.4, -0.2) is 34.8 Å². The Kier molecular flexibility index (Phi) is 6.82. The van der Waals surface area contributed by atoms with Crippen molar-refractivity contribution in [3.05, 3.63) is 86.6 Å². The number of aromatic nitrogens is 6. The van der Waals surface area contributed by atoms with Crippen molar-refractivity contribution in [1.29, 1.82) is 0 Å². The van der Waals surface area contributed by atoms with E-state index < -0.39 is 4.92 Å². The zero-order valence-electron chi connectivity index (χ0n) is 17.1. The zero-order chi connectivity index (χ0) is 24.2. The first-order chi connectivity index (χ1) is 16.3. The van der Waals surface area contributed by atoms with Crippen LogP contribution in [0.5, 0.6) is 0 Å². The number of nitrogens with one attached hydrogen (secondary N) is 3. The lowest BCUT2D eigenvalue weighted by Crippen LogP contribution is -1.85. The van der Waals surface area contributed by atoms with Gasteiger partial charge < -0.3 is 20.7 Å². The van der Waals surface area contributed by atoms with Gasteiger partial charge in [-0.25, -0.2) is 15.0 Å². The maximum atomic E-state index is 10.5. The van der Waals surface area contributed by atoms with Gasteiger partial charge in [-0.3, -0.25) is 10.1 Å². The highest BCUT2D eigenvalue weighted by molar-refractivity contribution is 6.31. The summed E-state index contributed by atoms with van der Waals surface area (Å²) in [5.74, 6) is 0. The number of pyridine rings is 3. The minimum Gasteiger partial charge on any atom is -0.397 e. The van der Waals surface area contributed by atoms with Gasteiger partial charge in [0.15, 0.2) is 0 Å². The Morgan fingerprint density at radius 3 is 2.03 bits per heavy atom. The number of halogens is 3. The van der Waals surface area contributed by atoms with Gasteiger partial charge in [0.25, 0.3) is 5.69 Å². The number of nitrogen functional groups attached to an aromatic ring is 1. The monoisotopic (exact) mass is 516 g/mol. The molecule has 0 aliphatic heterocycles. The van der Waals surface area contributed by atoms with Crippen molar-refractivity contribution in [1.82, 2.24) is 29.9 Å². The van der Waals surface area contributed by atoms with E-state index in [4.69, 9.17) is 40.5 Å². The van der Waals surface area contributed by atoms with Gasteiger partial charge in [0.2, 0.25) is 0 Å². The largest absolute Gasteiger partial charge is 0.397 e. The molecule has 0 aliphatic carbocycles. The topological polar surface area (TPSA) is 155 Å². The van der Waals surface area contributed by atoms with Gasteiger partial charge >= 0.3 is 0 Å². The average Bonchev–Trinajstić information content (AvgIpc) is 3.53. The van der Waals surface area contributed by atoms with E-state index in [9.17, 15) is 10.1 Å². The second-order valence-electron chi connectivity index (χ2n) is 6.84. The van der Waals surface area contributed by atoms with Gasteiger partial charge in [-0.15, -0.1) is 0 Å². The number of nitrogens with zero attached hydrogens (tertiary/aromatic N) is 4. The van der Waals surface area contributed by atoms with Crippen LogP contribution in [0.2, 0.25) is 15.1 Å². The molecule has 0 aromatic carbocycles. The number of fused-ring (bicyclic) bond motifs is 3. The van der Waals surface area contributed by atoms with Gasteiger partial charge in [-0.2, -0.15) is 0 Å². The molecule has 13 heteroatoms. The average molecular weight is 518 g/mol. The molecule has 6 rings (SSSR count). The Morgan fingerprint density at radius 1 is 0.794 bits per heavy atom. The quantitative estimate of drug-likeness (QED) is 0.152. The lowest BCUT2D eigenvalue weighted by molar-refractivity contribution is -0.383. The van der Waals surface area contributed by atoms with Crippen LogP contribution in [0.15, 0.2) is 61.4 Å². The van der Waals surface area contributed by atoms with Crippen LogP contribution in [0.3, 0.4) is 0 Å². The van der Waals surface area contributed by atoms with Gasteiger partial charge in [-0.05, 0) is 24.3 Å². The predicted molar refractivity (Wildman–Crippen MR) is 134 cm³/mol. The molecule has 6 aromatic heterocycles. The van der Waals surface area contributed by atoms with Crippen molar-refractivity contribution in [2.24, 2.45) is 0 Å². The number of rotatable bonds is 1. The summed E-state index contributed by atoms with van der Waals surface area (Å²) in [5.41, 5.74) is 8.40. The normalized spacial score (nSPS) is 10.6. The number of H-pyrrole nitrogens is 3. The zero-order valence-corrected chi connectivity index (χ0v) is 19.4. The Hall–Kier alpha value is -3.86. The van der Waals surface area contributed by atoms with Crippen molar-refractivity contribution >= 4 is 79.3 Å². The molecule has 0 spiro atoms. The summed E-state index contributed by atoms with van der Waals surface area (Å²) < 4.78 is 0. The third kappa shape index (κ3) is 5.20. The minimum atomic E-state index is -0.475. The van der Waals surface area contributed by atoms with Crippen molar-refractivity contribution in [3.8, 4) is 0 Å². The molecule has 0 saturated heterocycles. The molecule has 10 nitrogen and oxygen atoms in total. The maximum absolute atomic E-state index is 10.5. The molecular weight excluding hydrogens is 503 g/mol. The summed E-state index contributed by atoms with van der Waals surface area (Å²) >= 11 is 17.1. The fourth-order valence-electron chi connectivity index (χ4n) is 3.03. The summed E-state index contributed by atoms with van der Waals surface area (Å²) in [4.78, 5) is 30.6. The van der Waals surface area contributed by atoms with E-state index in [1.54, 1.807) is 24.7 Å². The Morgan fingerprint density at radius 2 is 1.35 bits per heavy atom. The maximum Gasteiger partial charge on any atom is 0.296 e. The molecule has 0 unspecified atom stereocenters. The third-order valence-corrected chi connectivity index (χ3v) is 5.19. The highest BCUT2D eigenvalue weighted by Gasteiger charge is 2.14. The molecule has 0 aliphatic rings. The first-order valence-corrected chi connectivity index (χ1v) is 10.7. The van der Waals surface area contributed by atoms with Crippen LogP contribution in [0.25, 0.3) is 33.1 Å². The summed E-state index contributed by atoms with van der Waals surface area (Å²) in [7, 11) is 0. The number of hydrogen-bond donors (Lipinski definition) is 4. The van der Waals surface area contributed by atoms with Gasteiger partial charge in [-0.1, -0.05) is 34.8 Å². The molecular formula is C21H15Cl3N8O2. The first-order valence-electron chi connectivity index (χ1n) is 9.55. The van der Waals surface area contributed by atoms with E-state index in [0.717, 1.165) is 22.1 Å². The van der Waals surface area contributed by atoms with Crippen LogP contribution in [-0.2, 0) is 0 Å². The SMILES string of the molecule is Clc1cnc2[nH]ccc2c1.Nc1c[nH]c2ncc(Cl)cc12.O=[N+]([O-])c1c[nH]c2ncc(Cl)cc12. The van der Waals surface area contributed by atoms with Gasteiger partial charge in [0.05, 0.1) is 37.3 Å². The minimum absolute atomic E-state index is 0.00926. The van der Waals surface area contributed by atoms with E-state index in [-0.39, 0.29) is 5.69 Å². The molecule has 6 heterocycles. The van der Waals surface area contributed by atoms with Crippen LogP contribution < -0.4 is 5.73 Å². The second kappa shape index (κ2) is 9.96. The van der Waals surface area contributed by atoms with Crippen LogP contribution in [0.4, 0.5) is 11.4 Å². The van der Waals surface area contributed by atoms with Gasteiger partial charge in [0, 0.05) is 41.8 Å². The lowest BCUT2D eigenvalue weighted by atomic mass is 10.3. The fraction of sp³-hybridized carbons (Fsp3) is 0. The van der Waals surface area contributed by atoms with Crippen molar-refractivity contribution in [2.45, 2.75) is 0 Å². The standard InChI is InChI=1S/C7H4ClN3O2.C7H6ClN3.C7H5ClN2/c8-4-1-5-6(11(12)13)3-10-7(5)9-2-4;8-4-1-5-6(9)3-11-7(5)10-2-4;8-6-3-5-1-2-9-7(5)10-4-6/h1-3H,(H,9,10);1-3H,9H2,(H,10,11);1-4H,(H,9,10). The smallest absolute Gasteiger partial charge is 0.296 e. The first kappa shape index (κ1) is 23.3. The summed E-state index contributed by atoms with van der Waals surface area (Å²) in [6.45, 7) is 0. The van der Waals surface area contributed by atoms with Crippen molar-refractivity contribution < 1.29 is 4.92 Å². The predicted octanol–water partition coefficient (Wildman–Crippen LogP) is 6.14. The number of nitro groups is 1. The van der Waals surface area contributed by atoms with E-state index in [2.05, 4.69) is 29.9 Å². The molecule has 172 valence electrons. The van der Waals surface area contributed by atoms with E-state index in [1.165, 1.54) is 18.5 Å². The highest BCUT2D eigenvalue weighted by Crippen LogP contribution is 2.25. The number of aromatic amines is 3. The molecule has 0 amide bonds. The molecule has 5 N–H and O–H groups in total. The molecule has 0 saturated carbocycles. The summed E-state index contributed by atoms with van der Waals surface area (Å²) in [5, 5.41) is 14.5. The van der Waals surface area contributed by atoms with E-state index in [0.29, 0.717) is 31.8 Å². The fourth-order valence-corrected chi connectivity index (χ4v) is 3.51. The van der Waals surface area contributed by atoms with Crippen LogP contribution in [0, 0.1) is 10.1 Å². The third-order valence-electron chi connectivity index (χ3n) is 4.57. The number of nitrogens with two attached hydrogens (primary N) is 1. The number of anilines is 1. The van der Waals surface area contributed by atoms with Crippen LogP contribution >= 0.6 is 34.8 Å². The highest BCUT2D eigenvalue weighted by atomic mass is 35.5. The Labute approximate surface area is 206 Å². The summed E-state index contributed by atoms with van der Waals surface area (Å²) in [6.07, 6.45) is 9.49. The molecule has 0 atom stereocenters. The molecule has 34 heavy (non-hydrogen) atoms. The lowest BCUT2D eigenvalue weighted by Gasteiger charge is -1.90. The van der Waals surface area contributed by atoms with Gasteiger partial charge in [0.1, 0.15) is 16.9 Å². The Bertz CT molecular complexity index is 1610. The van der Waals surface area contributed by atoms with E-state index in [1.807, 2.05) is 18.3 Å². The van der Waals surface area contributed by atoms with Crippen molar-refractivity contribution in [3.63, 3.8) is 0 Å². The molecule has 0 bridgehead atoms. The number of hydrogen-bond acceptors (Lipinski definition) is 6. The second-order valence-corrected chi connectivity index (χ2v) is 8.15. The molecule has 6 aromatic rings. The van der Waals surface area contributed by atoms with Crippen molar-refractivity contribution in [2.75, 3.05) is 5.73 Å².